The van der Waals surface area contributed by atoms with Gasteiger partial charge in [0.1, 0.15) is 11.4 Å². The van der Waals surface area contributed by atoms with E-state index >= 15 is 0 Å². The van der Waals surface area contributed by atoms with Crippen LogP contribution in [0.1, 0.15) is 49.1 Å². The lowest BCUT2D eigenvalue weighted by Crippen LogP contribution is -2.52. The molecule has 4 nitrogen and oxygen atoms in total. The van der Waals surface area contributed by atoms with Gasteiger partial charge in [0, 0.05) is 18.8 Å². The van der Waals surface area contributed by atoms with E-state index in [1.54, 1.807) is 0 Å². The molecule has 4 N–H and O–H groups in total. The van der Waals surface area contributed by atoms with E-state index in [-0.39, 0.29) is 5.84 Å². The molecular formula is C18H23F3N4. The van der Waals surface area contributed by atoms with Crippen LogP contribution >= 0.6 is 0 Å². The molecule has 136 valence electrons. The van der Waals surface area contributed by atoms with Crippen LogP contribution in [0, 0.1) is 0 Å². The van der Waals surface area contributed by atoms with Crippen LogP contribution in [0.5, 0.6) is 0 Å². The quantitative estimate of drug-likeness (QED) is 0.764. The molecule has 3 rings (SSSR count). The SMILES string of the molecule is CNC1=NC(N)(c2ccc(C3CCCCC3)cc2)NC=C1C(F)(F)F. The number of amidine groups is 1. The maximum atomic E-state index is 13.0. The fraction of sp³-hybridized carbons (Fsp3) is 0.500. The van der Waals surface area contributed by atoms with Crippen molar-refractivity contribution in [2.24, 2.45) is 10.7 Å². The van der Waals surface area contributed by atoms with Crippen molar-refractivity contribution < 1.29 is 13.2 Å². The number of halogens is 3. The van der Waals surface area contributed by atoms with Gasteiger partial charge in [0.2, 0.25) is 5.79 Å². The number of likely N-dealkylation sites (N-methyl/N-ethyl adjacent to an activating group) is 1. The Kier molecular flexibility index (Phi) is 4.77. The number of nitrogens with two attached hydrogens (primary N) is 1. The summed E-state index contributed by atoms with van der Waals surface area (Å²) in [6.07, 6.45) is 2.54. The van der Waals surface area contributed by atoms with Gasteiger partial charge in [0.15, 0.2) is 0 Å². The lowest BCUT2D eigenvalue weighted by molar-refractivity contribution is -0.0872. The molecule has 0 spiro atoms. The largest absolute Gasteiger partial charge is 0.421 e. The van der Waals surface area contributed by atoms with Crippen LogP contribution < -0.4 is 16.4 Å². The average molecular weight is 352 g/mol. The molecule has 1 aliphatic heterocycles. The second kappa shape index (κ2) is 6.71. The van der Waals surface area contributed by atoms with Crippen molar-refractivity contribution in [1.29, 1.82) is 0 Å². The Labute approximate surface area is 145 Å². The Bertz CT molecular complexity index is 673. The van der Waals surface area contributed by atoms with Crippen LogP contribution in [-0.2, 0) is 5.79 Å². The van der Waals surface area contributed by atoms with E-state index in [0.717, 1.165) is 6.20 Å². The van der Waals surface area contributed by atoms with Gasteiger partial charge in [-0.1, -0.05) is 43.5 Å². The predicted molar refractivity (Wildman–Crippen MR) is 91.9 cm³/mol. The first-order valence-corrected chi connectivity index (χ1v) is 8.56. The Morgan fingerprint density at radius 1 is 1.16 bits per heavy atom. The number of nitrogens with zero attached hydrogens (tertiary/aromatic N) is 1. The fourth-order valence-electron chi connectivity index (χ4n) is 3.52. The van der Waals surface area contributed by atoms with Crippen LogP contribution in [0.3, 0.4) is 0 Å². The second-order valence-corrected chi connectivity index (χ2v) is 6.63. The zero-order valence-electron chi connectivity index (χ0n) is 14.2. The minimum atomic E-state index is -4.50. The Morgan fingerprint density at radius 2 is 1.80 bits per heavy atom. The summed E-state index contributed by atoms with van der Waals surface area (Å²) in [4.78, 5) is 4.08. The summed E-state index contributed by atoms with van der Waals surface area (Å²) in [6, 6.07) is 7.72. The van der Waals surface area contributed by atoms with Gasteiger partial charge in [-0.25, -0.2) is 4.99 Å². The molecule has 0 radical (unpaired) electrons. The van der Waals surface area contributed by atoms with Crippen molar-refractivity contribution in [1.82, 2.24) is 10.6 Å². The molecule has 1 aromatic carbocycles. The highest BCUT2D eigenvalue weighted by atomic mass is 19.4. The minimum Gasteiger partial charge on any atom is -0.373 e. The zero-order chi connectivity index (χ0) is 18.1. The summed E-state index contributed by atoms with van der Waals surface area (Å²) in [5.41, 5.74) is 7.24. The van der Waals surface area contributed by atoms with E-state index < -0.39 is 17.5 Å². The number of alkyl halides is 3. The molecule has 1 heterocycles. The highest BCUT2D eigenvalue weighted by Gasteiger charge is 2.41. The summed E-state index contributed by atoms with van der Waals surface area (Å²) >= 11 is 0. The van der Waals surface area contributed by atoms with Gasteiger partial charge in [-0.2, -0.15) is 13.2 Å². The fourth-order valence-corrected chi connectivity index (χ4v) is 3.52. The molecule has 1 aliphatic carbocycles. The van der Waals surface area contributed by atoms with E-state index in [4.69, 9.17) is 5.73 Å². The molecular weight excluding hydrogens is 329 g/mol. The molecule has 1 aromatic rings. The molecule has 0 bridgehead atoms. The van der Waals surface area contributed by atoms with Crippen molar-refractivity contribution in [3.63, 3.8) is 0 Å². The highest BCUT2D eigenvalue weighted by Crippen LogP contribution is 2.34. The Morgan fingerprint density at radius 3 is 2.36 bits per heavy atom. The van der Waals surface area contributed by atoms with Gasteiger partial charge in [0.05, 0.1) is 0 Å². The third-order valence-electron chi connectivity index (χ3n) is 4.95. The van der Waals surface area contributed by atoms with Gasteiger partial charge in [0.25, 0.3) is 0 Å². The second-order valence-electron chi connectivity index (χ2n) is 6.63. The lowest BCUT2D eigenvalue weighted by Gasteiger charge is -2.32. The summed E-state index contributed by atoms with van der Waals surface area (Å²) in [5.74, 6) is -1.13. The Hall–Kier alpha value is -2.02. The normalized spacial score (nSPS) is 25.0. The first-order valence-electron chi connectivity index (χ1n) is 8.56. The summed E-state index contributed by atoms with van der Waals surface area (Å²) in [7, 11) is 1.40. The molecule has 1 fully saturated rings. The highest BCUT2D eigenvalue weighted by molar-refractivity contribution is 6.00. The molecule has 1 atom stereocenters. The van der Waals surface area contributed by atoms with Gasteiger partial charge >= 0.3 is 6.18 Å². The topological polar surface area (TPSA) is 62.4 Å². The van der Waals surface area contributed by atoms with E-state index in [2.05, 4.69) is 15.6 Å². The number of aliphatic imine (C=N–C) groups is 1. The predicted octanol–water partition coefficient (Wildman–Crippen LogP) is 3.47. The van der Waals surface area contributed by atoms with Gasteiger partial charge in [-0.05, 0) is 24.3 Å². The van der Waals surface area contributed by atoms with E-state index in [1.165, 1.54) is 44.7 Å². The number of rotatable bonds is 2. The van der Waals surface area contributed by atoms with E-state index in [1.807, 2.05) is 24.3 Å². The summed E-state index contributed by atoms with van der Waals surface area (Å²) < 4.78 is 39.1. The number of hydrogen-bond acceptors (Lipinski definition) is 4. The molecule has 2 aliphatic rings. The maximum absolute atomic E-state index is 13.0. The van der Waals surface area contributed by atoms with Gasteiger partial charge in [-0.15, -0.1) is 0 Å². The van der Waals surface area contributed by atoms with Crippen LogP contribution in [0.25, 0.3) is 0 Å². The number of hydrogen-bond donors (Lipinski definition) is 3. The van der Waals surface area contributed by atoms with E-state index in [0.29, 0.717) is 11.5 Å². The first-order chi connectivity index (χ1) is 11.8. The van der Waals surface area contributed by atoms with Gasteiger partial charge in [-0.3, -0.25) is 5.73 Å². The number of benzene rings is 1. The molecule has 0 amide bonds. The van der Waals surface area contributed by atoms with Crippen molar-refractivity contribution in [2.75, 3.05) is 7.05 Å². The summed E-state index contributed by atoms with van der Waals surface area (Å²) in [6.45, 7) is 0. The first kappa shape index (κ1) is 17.8. The van der Waals surface area contributed by atoms with Crippen molar-refractivity contribution in [2.45, 2.75) is 50.0 Å². The molecule has 7 heteroatoms. The standard InChI is InChI=1S/C18H23F3N4/c1-23-16-15(17(19,20)21)11-24-18(22,25-16)14-9-7-13(8-10-14)12-5-3-2-4-6-12/h7-12,24H,2-6,22H2,1H3,(H,23,25). The molecule has 0 saturated heterocycles. The third-order valence-corrected chi connectivity index (χ3v) is 4.95. The zero-order valence-corrected chi connectivity index (χ0v) is 14.2. The van der Waals surface area contributed by atoms with Gasteiger partial charge < -0.3 is 10.6 Å². The molecule has 1 saturated carbocycles. The molecule has 1 unspecified atom stereocenters. The molecule has 25 heavy (non-hydrogen) atoms. The van der Waals surface area contributed by atoms with Crippen molar-refractivity contribution >= 4 is 5.84 Å². The Balaban J connectivity index is 1.84. The van der Waals surface area contributed by atoms with Crippen molar-refractivity contribution in [3.8, 4) is 0 Å². The lowest BCUT2D eigenvalue weighted by atomic mass is 9.83. The van der Waals surface area contributed by atoms with Crippen LogP contribution in [0.4, 0.5) is 13.2 Å². The van der Waals surface area contributed by atoms with Crippen LogP contribution in [0.15, 0.2) is 41.0 Å². The third kappa shape index (κ3) is 3.66. The minimum absolute atomic E-state index is 0.273. The van der Waals surface area contributed by atoms with Crippen LogP contribution in [0.2, 0.25) is 0 Å². The smallest absolute Gasteiger partial charge is 0.373 e. The average Bonchev–Trinajstić information content (AvgIpc) is 2.61. The monoisotopic (exact) mass is 352 g/mol. The van der Waals surface area contributed by atoms with E-state index in [9.17, 15) is 13.2 Å². The van der Waals surface area contributed by atoms with Crippen LogP contribution in [-0.4, -0.2) is 19.1 Å². The number of nitrogens with one attached hydrogen (secondary N) is 2. The maximum Gasteiger partial charge on any atom is 0.421 e. The molecule has 0 aromatic heterocycles. The van der Waals surface area contributed by atoms with Crippen molar-refractivity contribution in [3.05, 3.63) is 47.2 Å². The summed E-state index contributed by atoms with van der Waals surface area (Å²) in [5, 5.41) is 5.09.